The third kappa shape index (κ3) is 4.25. The molecule has 4 rings (SSSR count). The molecule has 1 aromatic heterocycles. The van der Waals surface area contributed by atoms with Crippen molar-refractivity contribution in [3.8, 4) is 5.75 Å². The number of aromatic nitrogens is 1. The summed E-state index contributed by atoms with van der Waals surface area (Å²) in [4.78, 5) is 17.4. The van der Waals surface area contributed by atoms with E-state index in [1.807, 2.05) is 48.5 Å². The van der Waals surface area contributed by atoms with Gasteiger partial charge in [-0.15, -0.1) is 0 Å². The number of aryl methyl sites for hydroxylation is 1. The maximum atomic E-state index is 13.1. The van der Waals surface area contributed by atoms with Crippen molar-refractivity contribution in [3.05, 3.63) is 72.0 Å². The van der Waals surface area contributed by atoms with E-state index in [-0.39, 0.29) is 11.7 Å². The fourth-order valence-corrected chi connectivity index (χ4v) is 3.74. The Morgan fingerprint density at radius 2 is 1.76 bits per heavy atom. The molecular formula is C22H24N4O3. The SMILES string of the molecule is Cc1cc(NC(=O)C(c2ccccc2)N2CCN(c3ccccc3O)CC2)no1. The van der Waals surface area contributed by atoms with Gasteiger partial charge in [-0.1, -0.05) is 47.6 Å². The predicted molar refractivity (Wildman–Crippen MR) is 111 cm³/mol. The standard InChI is InChI=1S/C22H24N4O3/c1-16-15-20(24-29-16)23-22(28)21(17-7-3-2-4-8-17)26-13-11-25(12-14-26)18-9-5-6-10-19(18)27/h2-10,15,21,27H,11-14H2,1H3,(H,23,24,28). The first-order valence-electron chi connectivity index (χ1n) is 9.68. The molecule has 2 aromatic carbocycles. The molecule has 7 nitrogen and oxygen atoms in total. The first kappa shape index (κ1) is 19.0. The number of phenolic OH excluding ortho intramolecular Hbond substituents is 1. The predicted octanol–water partition coefficient (Wildman–Crippen LogP) is 3.19. The second-order valence-electron chi connectivity index (χ2n) is 7.14. The van der Waals surface area contributed by atoms with Crippen LogP contribution in [0.1, 0.15) is 17.4 Å². The summed E-state index contributed by atoms with van der Waals surface area (Å²) in [7, 11) is 0. The number of aromatic hydroxyl groups is 1. The average molecular weight is 392 g/mol. The number of rotatable bonds is 5. The number of hydrogen-bond acceptors (Lipinski definition) is 6. The second-order valence-corrected chi connectivity index (χ2v) is 7.14. The molecule has 150 valence electrons. The van der Waals surface area contributed by atoms with Crippen LogP contribution < -0.4 is 10.2 Å². The molecular weight excluding hydrogens is 368 g/mol. The maximum Gasteiger partial charge on any atom is 0.247 e. The molecule has 1 saturated heterocycles. The van der Waals surface area contributed by atoms with Crippen LogP contribution in [-0.4, -0.2) is 47.2 Å². The molecule has 0 bridgehead atoms. The number of nitrogens with one attached hydrogen (secondary N) is 1. The van der Waals surface area contributed by atoms with E-state index in [0.717, 1.165) is 24.3 Å². The number of carbonyl (C=O) groups excluding carboxylic acids is 1. The number of phenols is 1. The number of anilines is 2. The quantitative estimate of drug-likeness (QED) is 0.694. The van der Waals surface area contributed by atoms with Gasteiger partial charge in [0.25, 0.3) is 0 Å². The third-order valence-corrected chi connectivity index (χ3v) is 5.14. The van der Waals surface area contributed by atoms with Gasteiger partial charge in [0.1, 0.15) is 17.6 Å². The van der Waals surface area contributed by atoms with Crippen molar-refractivity contribution in [2.24, 2.45) is 0 Å². The van der Waals surface area contributed by atoms with E-state index in [9.17, 15) is 9.90 Å². The molecule has 29 heavy (non-hydrogen) atoms. The van der Waals surface area contributed by atoms with Crippen LogP contribution in [0.4, 0.5) is 11.5 Å². The van der Waals surface area contributed by atoms with Gasteiger partial charge in [0.2, 0.25) is 5.91 Å². The van der Waals surface area contributed by atoms with Crippen molar-refractivity contribution in [3.63, 3.8) is 0 Å². The molecule has 2 heterocycles. The summed E-state index contributed by atoms with van der Waals surface area (Å²) in [6.07, 6.45) is 0. The Kier molecular flexibility index (Phi) is 5.48. The zero-order valence-corrected chi connectivity index (χ0v) is 16.3. The van der Waals surface area contributed by atoms with Gasteiger partial charge < -0.3 is 19.8 Å². The van der Waals surface area contributed by atoms with E-state index in [1.165, 1.54) is 0 Å². The van der Waals surface area contributed by atoms with Crippen LogP contribution in [0.5, 0.6) is 5.75 Å². The zero-order valence-electron chi connectivity index (χ0n) is 16.3. The van der Waals surface area contributed by atoms with E-state index in [4.69, 9.17) is 4.52 Å². The summed E-state index contributed by atoms with van der Waals surface area (Å²) >= 11 is 0. The number of para-hydroxylation sites is 2. The lowest BCUT2D eigenvalue weighted by molar-refractivity contribution is -0.121. The Labute approximate surface area is 169 Å². The van der Waals surface area contributed by atoms with Crippen molar-refractivity contribution >= 4 is 17.4 Å². The molecule has 0 saturated carbocycles. The Balaban J connectivity index is 1.51. The Hall–Kier alpha value is -3.32. The summed E-state index contributed by atoms with van der Waals surface area (Å²) in [5, 5.41) is 16.9. The van der Waals surface area contributed by atoms with Crippen molar-refractivity contribution in [2.75, 3.05) is 36.4 Å². The van der Waals surface area contributed by atoms with Crippen LogP contribution in [0.2, 0.25) is 0 Å². The van der Waals surface area contributed by atoms with E-state index in [1.54, 1.807) is 19.1 Å². The van der Waals surface area contributed by atoms with Gasteiger partial charge >= 0.3 is 0 Å². The highest BCUT2D eigenvalue weighted by molar-refractivity contribution is 5.94. The monoisotopic (exact) mass is 392 g/mol. The highest BCUT2D eigenvalue weighted by Gasteiger charge is 2.31. The molecule has 0 spiro atoms. The molecule has 2 N–H and O–H groups in total. The van der Waals surface area contributed by atoms with Crippen molar-refractivity contribution in [2.45, 2.75) is 13.0 Å². The van der Waals surface area contributed by atoms with Gasteiger partial charge in [-0.25, -0.2) is 0 Å². The van der Waals surface area contributed by atoms with Gasteiger partial charge in [-0.05, 0) is 24.6 Å². The van der Waals surface area contributed by atoms with Crippen LogP contribution in [-0.2, 0) is 4.79 Å². The first-order chi connectivity index (χ1) is 14.1. The number of hydrogen-bond donors (Lipinski definition) is 2. The first-order valence-corrected chi connectivity index (χ1v) is 9.68. The zero-order chi connectivity index (χ0) is 20.2. The third-order valence-electron chi connectivity index (χ3n) is 5.14. The molecule has 1 aliphatic rings. The molecule has 1 aliphatic heterocycles. The minimum Gasteiger partial charge on any atom is -0.506 e. The van der Waals surface area contributed by atoms with Gasteiger partial charge in [-0.2, -0.15) is 0 Å². The fourth-order valence-electron chi connectivity index (χ4n) is 3.74. The van der Waals surface area contributed by atoms with E-state index < -0.39 is 6.04 Å². The lowest BCUT2D eigenvalue weighted by Gasteiger charge is -2.39. The Morgan fingerprint density at radius 3 is 2.41 bits per heavy atom. The van der Waals surface area contributed by atoms with Crippen LogP contribution >= 0.6 is 0 Å². The van der Waals surface area contributed by atoms with Crippen LogP contribution in [0, 0.1) is 6.92 Å². The number of piperazine rings is 1. The average Bonchev–Trinajstić information content (AvgIpc) is 3.14. The van der Waals surface area contributed by atoms with E-state index >= 15 is 0 Å². The molecule has 1 unspecified atom stereocenters. The smallest absolute Gasteiger partial charge is 0.247 e. The van der Waals surface area contributed by atoms with Crippen LogP contribution in [0.25, 0.3) is 0 Å². The summed E-state index contributed by atoms with van der Waals surface area (Å²) in [6.45, 7) is 4.61. The Bertz CT molecular complexity index is 965. The molecule has 1 atom stereocenters. The topological polar surface area (TPSA) is 81.8 Å². The van der Waals surface area contributed by atoms with Crippen LogP contribution in [0.3, 0.4) is 0 Å². The lowest BCUT2D eigenvalue weighted by Crippen LogP contribution is -2.50. The van der Waals surface area contributed by atoms with Gasteiger partial charge in [0.05, 0.1) is 5.69 Å². The highest BCUT2D eigenvalue weighted by atomic mass is 16.5. The van der Waals surface area contributed by atoms with Crippen molar-refractivity contribution in [1.82, 2.24) is 10.1 Å². The van der Waals surface area contributed by atoms with Crippen LogP contribution in [0.15, 0.2) is 65.2 Å². The number of amides is 1. The van der Waals surface area contributed by atoms with E-state index in [2.05, 4.69) is 20.3 Å². The largest absolute Gasteiger partial charge is 0.506 e. The lowest BCUT2D eigenvalue weighted by atomic mass is 10.0. The molecule has 1 fully saturated rings. The number of nitrogens with zero attached hydrogens (tertiary/aromatic N) is 3. The normalized spacial score (nSPS) is 15.8. The number of carbonyl (C=O) groups is 1. The van der Waals surface area contributed by atoms with Crippen molar-refractivity contribution in [1.29, 1.82) is 0 Å². The minimum absolute atomic E-state index is 0.138. The number of benzene rings is 2. The Morgan fingerprint density at radius 1 is 1.07 bits per heavy atom. The van der Waals surface area contributed by atoms with Gasteiger partial charge in [0.15, 0.2) is 5.82 Å². The molecule has 0 radical (unpaired) electrons. The van der Waals surface area contributed by atoms with E-state index in [0.29, 0.717) is 24.7 Å². The summed E-state index contributed by atoms with van der Waals surface area (Å²) < 4.78 is 5.06. The fraction of sp³-hybridized carbons (Fsp3) is 0.273. The molecule has 3 aromatic rings. The molecule has 1 amide bonds. The van der Waals surface area contributed by atoms with Crippen molar-refractivity contribution < 1.29 is 14.4 Å². The van der Waals surface area contributed by atoms with Gasteiger partial charge in [-0.3, -0.25) is 9.69 Å². The summed E-state index contributed by atoms with van der Waals surface area (Å²) in [6, 6.07) is 18.4. The highest BCUT2D eigenvalue weighted by Crippen LogP contribution is 2.30. The molecule has 0 aliphatic carbocycles. The summed E-state index contributed by atoms with van der Waals surface area (Å²) in [5.41, 5.74) is 1.76. The maximum absolute atomic E-state index is 13.1. The minimum atomic E-state index is -0.431. The summed E-state index contributed by atoms with van der Waals surface area (Å²) in [5.74, 6) is 1.20. The molecule has 7 heteroatoms. The van der Waals surface area contributed by atoms with Gasteiger partial charge in [0, 0.05) is 32.2 Å². The second kappa shape index (κ2) is 8.36.